The summed E-state index contributed by atoms with van der Waals surface area (Å²) in [5.41, 5.74) is 0.429. The molecule has 1 atom stereocenters. The van der Waals surface area contributed by atoms with Crippen molar-refractivity contribution in [2.45, 2.75) is 50.7 Å². The number of amides is 1. The van der Waals surface area contributed by atoms with E-state index < -0.39 is 5.60 Å². The highest BCUT2D eigenvalue weighted by Crippen LogP contribution is 2.39. The molecular weight excluding hydrogens is 250 g/mol. The lowest BCUT2D eigenvalue weighted by molar-refractivity contribution is -0.141. The van der Waals surface area contributed by atoms with E-state index in [4.69, 9.17) is 0 Å². The highest BCUT2D eigenvalue weighted by atomic mass is 16.3. The van der Waals surface area contributed by atoms with Gasteiger partial charge in [-0.3, -0.25) is 4.79 Å². The molecule has 0 aromatic heterocycles. The second-order valence-corrected chi connectivity index (χ2v) is 6.25. The third-order valence-corrected chi connectivity index (χ3v) is 4.88. The molecule has 1 saturated heterocycles. The van der Waals surface area contributed by atoms with Crippen molar-refractivity contribution in [1.82, 2.24) is 4.90 Å². The fourth-order valence-corrected chi connectivity index (χ4v) is 3.71. The van der Waals surface area contributed by atoms with Crippen LogP contribution in [0.1, 0.15) is 44.1 Å². The number of hydrogen-bond donors (Lipinski definition) is 1. The van der Waals surface area contributed by atoms with Gasteiger partial charge >= 0.3 is 0 Å². The van der Waals surface area contributed by atoms with Gasteiger partial charge in [0.2, 0.25) is 5.91 Å². The highest BCUT2D eigenvalue weighted by molar-refractivity contribution is 5.82. The van der Waals surface area contributed by atoms with Crippen molar-refractivity contribution >= 4 is 5.91 Å². The summed E-state index contributed by atoms with van der Waals surface area (Å²) in [5, 5.41) is 10.8. The summed E-state index contributed by atoms with van der Waals surface area (Å²) in [6.07, 6.45) is 5.70. The first kappa shape index (κ1) is 13.6. The molecule has 1 aromatic rings. The van der Waals surface area contributed by atoms with Gasteiger partial charge in [0.05, 0.1) is 11.5 Å². The summed E-state index contributed by atoms with van der Waals surface area (Å²) in [7, 11) is 0. The quantitative estimate of drug-likeness (QED) is 0.920. The van der Waals surface area contributed by atoms with E-state index in [1.54, 1.807) is 0 Å². The Morgan fingerprint density at radius 1 is 1.15 bits per heavy atom. The molecule has 0 spiro atoms. The van der Waals surface area contributed by atoms with Crippen molar-refractivity contribution in [3.8, 4) is 0 Å². The smallest absolute Gasteiger partial charge is 0.228 e. The molecule has 1 aromatic carbocycles. The van der Waals surface area contributed by atoms with Gasteiger partial charge in [0, 0.05) is 13.1 Å². The molecule has 108 valence electrons. The molecule has 1 aliphatic heterocycles. The molecule has 2 fully saturated rings. The summed E-state index contributed by atoms with van der Waals surface area (Å²) in [5.74, 6) is -0.0234. The number of carbonyl (C=O) groups is 1. The van der Waals surface area contributed by atoms with Gasteiger partial charge in [-0.2, -0.15) is 0 Å². The van der Waals surface area contributed by atoms with Gasteiger partial charge in [-0.1, -0.05) is 49.6 Å². The van der Waals surface area contributed by atoms with E-state index in [2.05, 4.69) is 12.1 Å². The van der Waals surface area contributed by atoms with Gasteiger partial charge in [0.15, 0.2) is 0 Å². The van der Waals surface area contributed by atoms with Crippen LogP contribution in [0.4, 0.5) is 0 Å². The summed E-state index contributed by atoms with van der Waals surface area (Å²) in [4.78, 5) is 14.5. The minimum absolute atomic E-state index is 0.151. The Hall–Kier alpha value is -1.35. The third kappa shape index (κ3) is 2.59. The summed E-state index contributed by atoms with van der Waals surface area (Å²) in [6, 6.07) is 10.1. The number of carbonyl (C=O) groups excluding carboxylic acids is 1. The van der Waals surface area contributed by atoms with E-state index in [9.17, 15) is 9.90 Å². The Bertz CT molecular complexity index is 465. The average Bonchev–Trinajstić information content (AvgIpc) is 2.83. The van der Waals surface area contributed by atoms with Crippen LogP contribution in [0.25, 0.3) is 0 Å². The third-order valence-electron chi connectivity index (χ3n) is 4.88. The van der Waals surface area contributed by atoms with Gasteiger partial charge in [0.25, 0.3) is 0 Å². The molecule has 1 unspecified atom stereocenters. The molecule has 1 amide bonds. The summed E-state index contributed by atoms with van der Waals surface area (Å²) < 4.78 is 0. The number of likely N-dealkylation sites (tertiary alicyclic amines) is 1. The first-order valence-corrected chi connectivity index (χ1v) is 7.74. The van der Waals surface area contributed by atoms with Gasteiger partial charge in [-0.25, -0.2) is 0 Å². The Morgan fingerprint density at radius 3 is 2.55 bits per heavy atom. The molecule has 20 heavy (non-hydrogen) atoms. The number of rotatable bonds is 3. The lowest BCUT2D eigenvalue weighted by atomic mass is 9.75. The molecule has 1 saturated carbocycles. The lowest BCUT2D eigenvalue weighted by Crippen LogP contribution is -2.44. The minimum Gasteiger partial charge on any atom is -0.389 e. The van der Waals surface area contributed by atoms with Crippen molar-refractivity contribution in [2.24, 2.45) is 5.92 Å². The van der Waals surface area contributed by atoms with E-state index in [0.717, 1.165) is 44.2 Å². The molecule has 1 heterocycles. The standard InChI is InChI=1S/C17H23NO2/c19-16-15(17(20)10-5-2-6-11-17)9-12-18(16)13-14-7-3-1-4-8-14/h1,3-4,7-8,15,20H,2,5-6,9-13H2. The van der Waals surface area contributed by atoms with E-state index in [1.165, 1.54) is 6.42 Å². The zero-order chi connectivity index (χ0) is 14.0. The number of benzene rings is 1. The average molecular weight is 273 g/mol. The fraction of sp³-hybridized carbons (Fsp3) is 0.588. The Balaban J connectivity index is 1.68. The van der Waals surface area contributed by atoms with Crippen LogP contribution in [0.2, 0.25) is 0 Å². The monoisotopic (exact) mass is 273 g/mol. The van der Waals surface area contributed by atoms with Crippen molar-refractivity contribution < 1.29 is 9.90 Å². The minimum atomic E-state index is -0.735. The fourth-order valence-electron chi connectivity index (χ4n) is 3.71. The molecule has 0 radical (unpaired) electrons. The van der Waals surface area contributed by atoms with E-state index in [1.807, 2.05) is 23.1 Å². The van der Waals surface area contributed by atoms with E-state index in [-0.39, 0.29) is 11.8 Å². The Kier molecular flexibility index (Phi) is 3.79. The maximum Gasteiger partial charge on any atom is 0.228 e. The molecule has 3 rings (SSSR count). The van der Waals surface area contributed by atoms with E-state index >= 15 is 0 Å². The van der Waals surface area contributed by atoms with Gasteiger partial charge < -0.3 is 10.0 Å². The molecule has 3 heteroatoms. The van der Waals surface area contributed by atoms with Crippen LogP contribution in [-0.4, -0.2) is 28.1 Å². The SMILES string of the molecule is O=C1C(C2(O)CCCCC2)CCN1Cc1ccccc1. The van der Waals surface area contributed by atoms with Crippen molar-refractivity contribution in [3.05, 3.63) is 35.9 Å². The van der Waals surface area contributed by atoms with E-state index in [0.29, 0.717) is 6.54 Å². The first-order valence-electron chi connectivity index (χ1n) is 7.74. The van der Waals surface area contributed by atoms with Gasteiger partial charge in [-0.15, -0.1) is 0 Å². The predicted octanol–water partition coefficient (Wildman–Crippen LogP) is 2.73. The van der Waals surface area contributed by atoms with Crippen molar-refractivity contribution in [3.63, 3.8) is 0 Å². The largest absolute Gasteiger partial charge is 0.389 e. The summed E-state index contributed by atoms with van der Waals surface area (Å²) >= 11 is 0. The molecule has 0 bridgehead atoms. The number of hydrogen-bond acceptors (Lipinski definition) is 2. The Morgan fingerprint density at radius 2 is 1.85 bits per heavy atom. The lowest BCUT2D eigenvalue weighted by Gasteiger charge is -2.36. The normalized spacial score (nSPS) is 25.9. The maximum absolute atomic E-state index is 12.6. The van der Waals surface area contributed by atoms with Crippen LogP contribution in [0.15, 0.2) is 30.3 Å². The molecule has 1 N–H and O–H groups in total. The first-order chi connectivity index (χ1) is 9.69. The van der Waals surface area contributed by atoms with Crippen LogP contribution in [0.5, 0.6) is 0 Å². The topological polar surface area (TPSA) is 40.5 Å². The highest BCUT2D eigenvalue weighted by Gasteiger charge is 2.46. The maximum atomic E-state index is 12.6. The summed E-state index contributed by atoms with van der Waals surface area (Å²) in [6.45, 7) is 1.45. The Labute approximate surface area is 120 Å². The second kappa shape index (κ2) is 5.57. The molecular formula is C17H23NO2. The molecule has 1 aliphatic carbocycles. The van der Waals surface area contributed by atoms with Crippen molar-refractivity contribution in [2.75, 3.05) is 6.54 Å². The van der Waals surface area contributed by atoms with Crippen LogP contribution in [0, 0.1) is 5.92 Å². The van der Waals surface area contributed by atoms with Crippen molar-refractivity contribution in [1.29, 1.82) is 0 Å². The van der Waals surface area contributed by atoms with Crippen LogP contribution in [0.3, 0.4) is 0 Å². The van der Waals surface area contributed by atoms with Gasteiger partial charge in [-0.05, 0) is 24.8 Å². The zero-order valence-electron chi connectivity index (χ0n) is 11.9. The predicted molar refractivity (Wildman–Crippen MR) is 78.0 cm³/mol. The molecule has 2 aliphatic rings. The second-order valence-electron chi connectivity index (χ2n) is 6.25. The van der Waals surface area contributed by atoms with Gasteiger partial charge in [0.1, 0.15) is 0 Å². The van der Waals surface area contributed by atoms with Crippen LogP contribution < -0.4 is 0 Å². The number of aliphatic hydroxyl groups is 1. The zero-order valence-corrected chi connectivity index (χ0v) is 11.9. The number of nitrogens with zero attached hydrogens (tertiary/aromatic N) is 1. The van der Waals surface area contributed by atoms with Crippen LogP contribution >= 0.6 is 0 Å². The van der Waals surface area contributed by atoms with Crippen LogP contribution in [-0.2, 0) is 11.3 Å². The molecule has 3 nitrogen and oxygen atoms in total.